The minimum absolute atomic E-state index is 0.314. The Morgan fingerprint density at radius 2 is 2.11 bits per heavy atom. The summed E-state index contributed by atoms with van der Waals surface area (Å²) in [4.78, 5) is 0. The minimum Gasteiger partial charge on any atom is -0.373 e. The lowest BCUT2D eigenvalue weighted by atomic mass is 10.2. The molecule has 3 heteroatoms. The molecule has 1 nitrogen and oxygen atoms in total. The molecule has 0 aromatic rings. The normalized spacial score (nSPS) is 35.3. The van der Waals surface area contributed by atoms with Crippen LogP contribution in [0.3, 0.4) is 0 Å². The summed E-state index contributed by atoms with van der Waals surface area (Å²) in [5.41, 5.74) is 0. The molecule has 0 aliphatic carbocycles. The number of rotatable bonds is 2. The second-order valence-corrected chi connectivity index (χ2v) is 3.22. The van der Waals surface area contributed by atoms with E-state index in [4.69, 9.17) is 16.3 Å². The zero-order valence-corrected chi connectivity index (χ0v) is 7.49. The van der Waals surface area contributed by atoms with Gasteiger partial charge in [-0.15, -0.1) is 11.6 Å². The van der Waals surface area contributed by atoms with Crippen LogP contribution in [0.15, 0.2) is 0 Å². The molecule has 1 aliphatic rings. The van der Waals surface area contributed by atoms with Crippen LogP contribution in [0.5, 0.6) is 0 Å². The van der Waals surface area contributed by atoms with Crippen LogP contribution >= 0.6 is 27.5 Å². The Morgan fingerprint density at radius 1 is 1.44 bits per heavy atom. The molecule has 0 spiro atoms. The summed E-state index contributed by atoms with van der Waals surface area (Å²) >= 11 is 8.95. The van der Waals surface area contributed by atoms with Gasteiger partial charge in [0, 0.05) is 11.2 Å². The van der Waals surface area contributed by atoms with Gasteiger partial charge in [0.1, 0.15) is 0 Å². The molecular formula is C6H10BrClO. The zero-order chi connectivity index (χ0) is 6.69. The van der Waals surface area contributed by atoms with Crippen LogP contribution in [-0.4, -0.2) is 23.4 Å². The van der Waals surface area contributed by atoms with E-state index >= 15 is 0 Å². The molecule has 9 heavy (non-hydrogen) atoms. The first kappa shape index (κ1) is 7.83. The van der Waals surface area contributed by atoms with Gasteiger partial charge in [0.15, 0.2) is 0 Å². The standard InChI is InChI=1S/C6H10BrClO/c7-3-5-1-2-6(4-8)9-5/h5-6H,1-4H2. The average molecular weight is 214 g/mol. The predicted molar refractivity (Wildman–Crippen MR) is 42.4 cm³/mol. The van der Waals surface area contributed by atoms with Gasteiger partial charge < -0.3 is 4.74 Å². The maximum Gasteiger partial charge on any atom is 0.0715 e. The highest BCUT2D eigenvalue weighted by molar-refractivity contribution is 9.09. The Labute approximate surface area is 68.8 Å². The fraction of sp³-hybridized carbons (Fsp3) is 1.00. The van der Waals surface area contributed by atoms with Crippen molar-refractivity contribution in [1.29, 1.82) is 0 Å². The highest BCUT2D eigenvalue weighted by Gasteiger charge is 2.22. The molecule has 1 rings (SSSR count). The largest absolute Gasteiger partial charge is 0.373 e. The third-order valence-electron chi connectivity index (χ3n) is 1.54. The number of halogens is 2. The number of ether oxygens (including phenoxy) is 1. The van der Waals surface area contributed by atoms with Gasteiger partial charge >= 0.3 is 0 Å². The van der Waals surface area contributed by atoms with Gasteiger partial charge in [-0.2, -0.15) is 0 Å². The molecule has 0 radical (unpaired) electrons. The lowest BCUT2D eigenvalue weighted by molar-refractivity contribution is 0.0726. The summed E-state index contributed by atoms with van der Waals surface area (Å²) in [5.74, 6) is 0.642. The van der Waals surface area contributed by atoms with E-state index in [1.807, 2.05) is 0 Å². The molecule has 1 aliphatic heterocycles. The van der Waals surface area contributed by atoms with Crippen molar-refractivity contribution in [3.63, 3.8) is 0 Å². The molecule has 1 saturated heterocycles. The SMILES string of the molecule is ClCC1CCC(CBr)O1. The number of hydrogen-bond donors (Lipinski definition) is 0. The first-order valence-corrected chi connectivity index (χ1v) is 4.79. The Hall–Kier alpha value is 0.730. The van der Waals surface area contributed by atoms with E-state index in [0.29, 0.717) is 18.1 Å². The fourth-order valence-electron chi connectivity index (χ4n) is 1.01. The van der Waals surface area contributed by atoms with Gasteiger partial charge in [0.2, 0.25) is 0 Å². The van der Waals surface area contributed by atoms with E-state index in [2.05, 4.69) is 15.9 Å². The minimum atomic E-state index is 0.314. The Kier molecular flexibility index (Phi) is 3.30. The third-order valence-corrected chi connectivity index (χ3v) is 2.61. The van der Waals surface area contributed by atoms with Gasteiger partial charge in [-0.05, 0) is 12.8 Å². The van der Waals surface area contributed by atoms with Crippen molar-refractivity contribution in [2.24, 2.45) is 0 Å². The monoisotopic (exact) mass is 212 g/mol. The second-order valence-electron chi connectivity index (χ2n) is 2.27. The van der Waals surface area contributed by atoms with Gasteiger partial charge in [0.25, 0.3) is 0 Å². The molecular weight excluding hydrogens is 203 g/mol. The Bertz CT molecular complexity index is 79.1. The first-order valence-electron chi connectivity index (χ1n) is 3.14. The molecule has 0 aromatic carbocycles. The van der Waals surface area contributed by atoms with Crippen LogP contribution in [0.1, 0.15) is 12.8 Å². The lowest BCUT2D eigenvalue weighted by Crippen LogP contribution is -2.12. The molecule has 54 valence electrons. The lowest BCUT2D eigenvalue weighted by Gasteiger charge is -2.07. The van der Waals surface area contributed by atoms with E-state index < -0.39 is 0 Å². The van der Waals surface area contributed by atoms with Crippen molar-refractivity contribution in [3.05, 3.63) is 0 Å². The van der Waals surface area contributed by atoms with Crippen LogP contribution in [0.2, 0.25) is 0 Å². The summed E-state index contributed by atoms with van der Waals surface area (Å²) in [7, 11) is 0. The topological polar surface area (TPSA) is 9.23 Å². The summed E-state index contributed by atoms with van der Waals surface area (Å²) in [6.07, 6.45) is 3.01. The molecule has 2 atom stereocenters. The summed E-state index contributed by atoms with van der Waals surface area (Å²) < 4.78 is 5.48. The van der Waals surface area contributed by atoms with Gasteiger partial charge in [-0.3, -0.25) is 0 Å². The Morgan fingerprint density at radius 3 is 2.44 bits per heavy atom. The molecule has 1 fully saturated rings. The quantitative estimate of drug-likeness (QED) is 0.639. The second kappa shape index (κ2) is 3.79. The van der Waals surface area contributed by atoms with E-state index in [-0.39, 0.29) is 0 Å². The summed E-state index contributed by atoms with van der Waals surface area (Å²) in [6.45, 7) is 0. The molecule has 0 N–H and O–H groups in total. The van der Waals surface area contributed by atoms with Crippen LogP contribution in [0, 0.1) is 0 Å². The maximum atomic E-state index is 5.59. The molecule has 0 aromatic heterocycles. The summed E-state index contributed by atoms with van der Waals surface area (Å²) in [5, 5.41) is 0.945. The van der Waals surface area contributed by atoms with Gasteiger partial charge in [-0.25, -0.2) is 0 Å². The number of alkyl halides is 2. The van der Waals surface area contributed by atoms with E-state index in [1.54, 1.807) is 0 Å². The van der Waals surface area contributed by atoms with Crippen LogP contribution in [0.4, 0.5) is 0 Å². The van der Waals surface area contributed by atoms with E-state index in [1.165, 1.54) is 0 Å². The molecule has 2 unspecified atom stereocenters. The van der Waals surface area contributed by atoms with Crippen molar-refractivity contribution < 1.29 is 4.74 Å². The van der Waals surface area contributed by atoms with E-state index in [9.17, 15) is 0 Å². The zero-order valence-electron chi connectivity index (χ0n) is 5.15. The van der Waals surface area contributed by atoms with E-state index in [0.717, 1.165) is 18.2 Å². The highest BCUT2D eigenvalue weighted by Crippen LogP contribution is 2.21. The molecule has 1 heterocycles. The average Bonchev–Trinajstić information content (AvgIpc) is 2.34. The Balaban J connectivity index is 2.20. The smallest absolute Gasteiger partial charge is 0.0715 e. The van der Waals surface area contributed by atoms with Crippen LogP contribution < -0.4 is 0 Å². The highest BCUT2D eigenvalue weighted by atomic mass is 79.9. The van der Waals surface area contributed by atoms with Crippen LogP contribution in [0.25, 0.3) is 0 Å². The van der Waals surface area contributed by atoms with Crippen molar-refractivity contribution >= 4 is 27.5 Å². The van der Waals surface area contributed by atoms with Crippen molar-refractivity contribution in [2.45, 2.75) is 25.0 Å². The van der Waals surface area contributed by atoms with Crippen molar-refractivity contribution in [2.75, 3.05) is 11.2 Å². The molecule has 0 saturated carbocycles. The molecule has 0 amide bonds. The van der Waals surface area contributed by atoms with Gasteiger partial charge in [0.05, 0.1) is 12.2 Å². The number of hydrogen-bond acceptors (Lipinski definition) is 1. The maximum absolute atomic E-state index is 5.59. The summed E-state index contributed by atoms with van der Waals surface area (Å²) in [6, 6.07) is 0. The third kappa shape index (κ3) is 2.10. The van der Waals surface area contributed by atoms with Gasteiger partial charge in [-0.1, -0.05) is 15.9 Å². The van der Waals surface area contributed by atoms with Crippen molar-refractivity contribution in [3.8, 4) is 0 Å². The fourth-order valence-corrected chi connectivity index (χ4v) is 1.71. The van der Waals surface area contributed by atoms with Crippen molar-refractivity contribution in [1.82, 2.24) is 0 Å². The molecule has 0 bridgehead atoms. The first-order chi connectivity index (χ1) is 4.36. The van der Waals surface area contributed by atoms with Crippen LogP contribution in [-0.2, 0) is 4.74 Å². The predicted octanol–water partition coefficient (Wildman–Crippen LogP) is 2.17.